The van der Waals surface area contributed by atoms with Gasteiger partial charge in [0.15, 0.2) is 11.5 Å². The highest BCUT2D eigenvalue weighted by Crippen LogP contribution is 2.29. The first-order chi connectivity index (χ1) is 11.5. The lowest BCUT2D eigenvalue weighted by atomic mass is 10.2. The molecule has 0 aliphatic rings. The van der Waals surface area contributed by atoms with Crippen molar-refractivity contribution < 1.29 is 0 Å². The van der Waals surface area contributed by atoms with E-state index in [1.165, 1.54) is 4.09 Å². The summed E-state index contributed by atoms with van der Waals surface area (Å²) in [6.45, 7) is 1.95. The Bertz CT molecular complexity index is 1060. The maximum Gasteiger partial charge on any atom is 0.176 e. The lowest BCUT2D eigenvalue weighted by molar-refractivity contribution is 0.756. The first-order valence-electron chi connectivity index (χ1n) is 7.31. The van der Waals surface area contributed by atoms with E-state index in [-0.39, 0.29) is 0 Å². The van der Waals surface area contributed by atoms with Crippen molar-refractivity contribution in [3.63, 3.8) is 0 Å². The maximum absolute atomic E-state index is 6.46. The number of anilines is 1. The van der Waals surface area contributed by atoms with Crippen LogP contribution in [0.4, 0.5) is 5.82 Å². The maximum atomic E-state index is 6.46. The number of aromatic nitrogens is 6. The molecule has 0 unspecified atom stereocenters. The molecule has 0 spiro atoms. The van der Waals surface area contributed by atoms with Crippen molar-refractivity contribution >= 4 is 28.8 Å². The van der Waals surface area contributed by atoms with Crippen molar-refractivity contribution in [1.82, 2.24) is 28.8 Å². The molecule has 4 aromatic rings. The van der Waals surface area contributed by atoms with E-state index < -0.39 is 0 Å². The molecule has 24 heavy (non-hydrogen) atoms. The van der Waals surface area contributed by atoms with E-state index in [0.717, 1.165) is 17.0 Å². The smallest absolute Gasteiger partial charge is 0.176 e. The van der Waals surface area contributed by atoms with Crippen LogP contribution in [0, 0.1) is 6.92 Å². The van der Waals surface area contributed by atoms with Crippen molar-refractivity contribution in [3.05, 3.63) is 42.4 Å². The predicted octanol–water partition coefficient (Wildman–Crippen LogP) is 2.79. The van der Waals surface area contributed by atoms with E-state index in [4.69, 9.17) is 17.5 Å². The number of aryl methyl sites for hydroxylation is 2. The summed E-state index contributed by atoms with van der Waals surface area (Å²) < 4.78 is 3.17. The fourth-order valence-electron chi connectivity index (χ4n) is 2.70. The molecule has 0 atom stereocenters. The SMILES string of the molecule is Cc1nn(C)cc1-c1ccc2nc(-c3cccnc3N)n(Cl)c2n1. The second-order valence-corrected chi connectivity index (χ2v) is 5.83. The third-order valence-corrected chi connectivity index (χ3v) is 4.14. The highest BCUT2D eigenvalue weighted by Gasteiger charge is 2.17. The Hall–Kier alpha value is -2.93. The van der Waals surface area contributed by atoms with E-state index in [0.29, 0.717) is 28.4 Å². The molecule has 0 aromatic carbocycles. The number of fused-ring (bicyclic) bond motifs is 1. The van der Waals surface area contributed by atoms with Crippen molar-refractivity contribution in [2.45, 2.75) is 6.92 Å². The summed E-state index contributed by atoms with van der Waals surface area (Å²) >= 11 is 6.46. The lowest BCUT2D eigenvalue weighted by Crippen LogP contribution is -1.96. The number of nitrogens with two attached hydrogens (primary N) is 1. The zero-order chi connectivity index (χ0) is 16.8. The number of nitrogens with zero attached hydrogens (tertiary/aromatic N) is 6. The zero-order valence-electron chi connectivity index (χ0n) is 13.1. The highest BCUT2D eigenvalue weighted by molar-refractivity contribution is 6.20. The van der Waals surface area contributed by atoms with Gasteiger partial charge < -0.3 is 5.73 Å². The Morgan fingerprint density at radius 3 is 2.67 bits per heavy atom. The molecule has 0 saturated carbocycles. The quantitative estimate of drug-likeness (QED) is 0.606. The molecule has 0 aliphatic heterocycles. The molecular weight excluding hydrogens is 326 g/mol. The summed E-state index contributed by atoms with van der Waals surface area (Å²) in [5, 5.41) is 4.35. The molecule has 8 heteroatoms. The van der Waals surface area contributed by atoms with E-state index in [2.05, 4.69) is 20.1 Å². The number of halogens is 1. The van der Waals surface area contributed by atoms with Crippen LogP contribution >= 0.6 is 11.8 Å². The van der Waals surface area contributed by atoms with Crippen LogP contribution in [0.5, 0.6) is 0 Å². The van der Waals surface area contributed by atoms with Crippen LogP contribution in [0.3, 0.4) is 0 Å². The predicted molar refractivity (Wildman–Crippen MR) is 93.4 cm³/mol. The molecule has 0 radical (unpaired) electrons. The number of pyridine rings is 2. The lowest BCUT2D eigenvalue weighted by Gasteiger charge is -2.02. The summed E-state index contributed by atoms with van der Waals surface area (Å²) in [6, 6.07) is 7.42. The Kier molecular flexibility index (Phi) is 3.24. The fourth-order valence-corrected chi connectivity index (χ4v) is 2.96. The molecule has 0 aliphatic carbocycles. The van der Waals surface area contributed by atoms with Gasteiger partial charge in [-0.15, -0.1) is 0 Å². The normalized spacial score (nSPS) is 11.3. The van der Waals surface area contributed by atoms with Crippen LogP contribution in [0.2, 0.25) is 0 Å². The van der Waals surface area contributed by atoms with Crippen molar-refractivity contribution in [1.29, 1.82) is 0 Å². The molecule has 0 fully saturated rings. The van der Waals surface area contributed by atoms with Crippen LogP contribution in [-0.4, -0.2) is 28.8 Å². The van der Waals surface area contributed by atoms with Gasteiger partial charge in [0.2, 0.25) is 0 Å². The molecule has 4 heterocycles. The minimum absolute atomic E-state index is 0.373. The number of nitrogen functional groups attached to an aromatic ring is 1. The summed E-state index contributed by atoms with van der Waals surface area (Å²) in [4.78, 5) is 13.3. The largest absolute Gasteiger partial charge is 0.383 e. The Labute approximate surface area is 142 Å². The Morgan fingerprint density at radius 2 is 1.96 bits per heavy atom. The minimum atomic E-state index is 0.373. The molecule has 2 N–H and O–H groups in total. The molecule has 7 nitrogen and oxygen atoms in total. The first-order valence-corrected chi connectivity index (χ1v) is 7.65. The Morgan fingerprint density at radius 1 is 1.12 bits per heavy atom. The monoisotopic (exact) mass is 339 g/mol. The Balaban J connectivity index is 1.91. The van der Waals surface area contributed by atoms with E-state index in [9.17, 15) is 0 Å². The van der Waals surface area contributed by atoms with Crippen molar-refractivity contribution in [2.75, 3.05) is 5.73 Å². The van der Waals surface area contributed by atoms with Gasteiger partial charge in [0.1, 0.15) is 11.3 Å². The van der Waals surface area contributed by atoms with Crippen LogP contribution < -0.4 is 5.73 Å². The third kappa shape index (κ3) is 2.21. The summed E-state index contributed by atoms with van der Waals surface area (Å²) in [5.74, 6) is 0.892. The van der Waals surface area contributed by atoms with Crippen LogP contribution in [-0.2, 0) is 7.05 Å². The van der Waals surface area contributed by atoms with Gasteiger partial charge in [0, 0.05) is 36.8 Å². The average molecular weight is 340 g/mol. The van der Waals surface area contributed by atoms with Gasteiger partial charge in [0.05, 0.1) is 17.0 Å². The molecule has 0 amide bonds. The summed E-state index contributed by atoms with van der Waals surface area (Å²) in [5.41, 5.74) is 10.5. The summed E-state index contributed by atoms with van der Waals surface area (Å²) in [7, 11) is 1.88. The molecule has 4 aromatic heterocycles. The third-order valence-electron chi connectivity index (χ3n) is 3.82. The van der Waals surface area contributed by atoms with Gasteiger partial charge in [0.25, 0.3) is 0 Å². The zero-order valence-corrected chi connectivity index (χ0v) is 13.9. The minimum Gasteiger partial charge on any atom is -0.383 e. The van der Waals surface area contributed by atoms with Gasteiger partial charge in [-0.1, -0.05) is 0 Å². The first kappa shape index (κ1) is 14.6. The van der Waals surface area contributed by atoms with Gasteiger partial charge in [-0.25, -0.2) is 19.0 Å². The highest BCUT2D eigenvalue weighted by atomic mass is 35.5. The van der Waals surface area contributed by atoms with Gasteiger partial charge in [-0.05, 0) is 31.2 Å². The molecule has 4 rings (SSSR count). The van der Waals surface area contributed by atoms with Crippen molar-refractivity contribution in [2.24, 2.45) is 7.05 Å². The molecule has 0 bridgehead atoms. The fraction of sp³-hybridized carbons (Fsp3) is 0.125. The molecule has 0 saturated heterocycles. The van der Waals surface area contributed by atoms with E-state index in [1.54, 1.807) is 16.9 Å². The number of hydrogen-bond donors (Lipinski definition) is 1. The number of rotatable bonds is 2. The van der Waals surface area contributed by atoms with Gasteiger partial charge in [-0.2, -0.15) is 5.10 Å². The molecule has 120 valence electrons. The second kappa shape index (κ2) is 5.31. The van der Waals surface area contributed by atoms with Crippen LogP contribution in [0.15, 0.2) is 36.7 Å². The van der Waals surface area contributed by atoms with Gasteiger partial charge >= 0.3 is 0 Å². The van der Waals surface area contributed by atoms with E-state index in [1.807, 2.05) is 38.4 Å². The second-order valence-electron chi connectivity index (χ2n) is 5.49. The van der Waals surface area contributed by atoms with Crippen LogP contribution in [0.1, 0.15) is 5.69 Å². The van der Waals surface area contributed by atoms with Crippen molar-refractivity contribution in [3.8, 4) is 22.6 Å². The van der Waals surface area contributed by atoms with Crippen LogP contribution in [0.25, 0.3) is 33.8 Å². The average Bonchev–Trinajstić information content (AvgIpc) is 3.07. The standard InChI is InChI=1S/C16H14ClN7/c1-9-11(8-23(2)22-9)12-5-6-13-16(20-12)24(17)15(21-13)10-4-3-7-19-14(10)18/h3-8H,1-2H3,(H2,18,19). The topological polar surface area (TPSA) is 87.4 Å². The number of imidazole rings is 1. The number of hydrogen-bond acceptors (Lipinski definition) is 5. The summed E-state index contributed by atoms with van der Waals surface area (Å²) in [6.07, 6.45) is 3.56. The van der Waals surface area contributed by atoms with E-state index >= 15 is 0 Å². The molecular formula is C16H14ClN7. The van der Waals surface area contributed by atoms with Gasteiger partial charge in [-0.3, -0.25) is 4.68 Å².